The number of benzene rings is 2. The van der Waals surface area contributed by atoms with Crippen LogP contribution in [-0.4, -0.2) is 48.7 Å². The lowest BCUT2D eigenvalue weighted by Crippen LogP contribution is -2.48. The largest absolute Gasteiger partial charge is 0.508 e. The number of hydrogen-bond acceptors (Lipinski definition) is 4. The van der Waals surface area contributed by atoms with Crippen LogP contribution in [0.3, 0.4) is 0 Å². The highest BCUT2D eigenvalue weighted by Gasteiger charge is 2.30. The van der Waals surface area contributed by atoms with Gasteiger partial charge in [-0.2, -0.15) is 0 Å². The Kier molecular flexibility index (Phi) is 6.93. The van der Waals surface area contributed by atoms with Crippen LogP contribution in [0.2, 0.25) is 0 Å². The predicted octanol–water partition coefficient (Wildman–Crippen LogP) is 3.85. The van der Waals surface area contributed by atoms with Crippen LogP contribution in [0.5, 0.6) is 11.5 Å². The maximum Gasteiger partial charge on any atom is 0.227 e. The first-order valence-corrected chi connectivity index (χ1v) is 10.1. The summed E-state index contributed by atoms with van der Waals surface area (Å²) in [4.78, 5) is 17.1. The van der Waals surface area contributed by atoms with E-state index in [1.165, 1.54) is 5.56 Å². The molecule has 1 amide bonds. The van der Waals surface area contributed by atoms with Gasteiger partial charge in [0.1, 0.15) is 11.5 Å². The Morgan fingerprint density at radius 1 is 1.18 bits per heavy atom. The standard InChI is InChI=1S/C23H30N2O3/c1-3-23(27)25(21-10-9-20(26)17-22(21)28-2)19-12-15-24(16-13-19)14-11-18-7-5-4-6-8-18/h4-10,17,19,26H,3,11-16H2,1-2H3. The van der Waals surface area contributed by atoms with Gasteiger partial charge in [0, 0.05) is 38.2 Å². The highest BCUT2D eigenvalue weighted by molar-refractivity contribution is 5.95. The van der Waals surface area contributed by atoms with Crippen LogP contribution >= 0.6 is 0 Å². The minimum Gasteiger partial charge on any atom is -0.508 e. The number of nitrogens with zero attached hydrogens (tertiary/aromatic N) is 2. The number of methoxy groups -OCH3 is 1. The number of phenols is 1. The summed E-state index contributed by atoms with van der Waals surface area (Å²) in [6.07, 6.45) is 3.36. The number of aromatic hydroxyl groups is 1. The first-order valence-electron chi connectivity index (χ1n) is 10.1. The molecule has 28 heavy (non-hydrogen) atoms. The molecule has 5 nitrogen and oxygen atoms in total. The van der Waals surface area contributed by atoms with E-state index in [0.29, 0.717) is 12.2 Å². The maximum absolute atomic E-state index is 12.8. The van der Waals surface area contributed by atoms with Gasteiger partial charge in [-0.05, 0) is 37.0 Å². The van der Waals surface area contributed by atoms with Crippen molar-refractivity contribution in [1.82, 2.24) is 4.90 Å². The minimum absolute atomic E-state index is 0.0896. The molecule has 1 aliphatic heterocycles. The van der Waals surface area contributed by atoms with Gasteiger partial charge in [-0.25, -0.2) is 0 Å². The zero-order chi connectivity index (χ0) is 19.9. The van der Waals surface area contributed by atoms with Gasteiger partial charge in [-0.15, -0.1) is 0 Å². The van der Waals surface area contributed by atoms with Crippen molar-refractivity contribution in [2.24, 2.45) is 0 Å². The summed E-state index contributed by atoms with van der Waals surface area (Å²) in [5.41, 5.74) is 2.11. The number of hydrogen-bond donors (Lipinski definition) is 1. The van der Waals surface area contributed by atoms with Crippen molar-refractivity contribution in [1.29, 1.82) is 0 Å². The van der Waals surface area contributed by atoms with Crippen LogP contribution in [0.1, 0.15) is 31.7 Å². The molecule has 1 heterocycles. The third-order valence-corrected chi connectivity index (χ3v) is 5.48. The Morgan fingerprint density at radius 2 is 1.89 bits per heavy atom. The van der Waals surface area contributed by atoms with E-state index in [2.05, 4.69) is 29.2 Å². The number of likely N-dealkylation sites (tertiary alicyclic amines) is 1. The number of amides is 1. The summed E-state index contributed by atoms with van der Waals surface area (Å²) in [5.74, 6) is 0.764. The molecule has 1 N–H and O–H groups in total. The van der Waals surface area contributed by atoms with Crippen molar-refractivity contribution < 1.29 is 14.6 Å². The molecule has 2 aromatic carbocycles. The molecule has 0 bridgehead atoms. The Balaban J connectivity index is 1.66. The summed E-state index contributed by atoms with van der Waals surface area (Å²) in [7, 11) is 1.57. The maximum atomic E-state index is 12.8. The molecule has 1 saturated heterocycles. The summed E-state index contributed by atoms with van der Waals surface area (Å²) in [6.45, 7) is 4.88. The Labute approximate surface area is 167 Å². The van der Waals surface area contributed by atoms with Crippen molar-refractivity contribution in [2.45, 2.75) is 38.6 Å². The van der Waals surface area contributed by atoms with Crippen molar-refractivity contribution in [2.75, 3.05) is 31.6 Å². The lowest BCUT2D eigenvalue weighted by Gasteiger charge is -2.39. The van der Waals surface area contributed by atoms with Gasteiger partial charge < -0.3 is 19.6 Å². The molecule has 0 radical (unpaired) electrons. The molecule has 0 saturated carbocycles. The SMILES string of the molecule is CCC(=O)N(c1ccc(O)cc1OC)C1CCN(CCc2ccccc2)CC1. The number of anilines is 1. The van der Waals surface area contributed by atoms with E-state index < -0.39 is 0 Å². The molecular formula is C23H30N2O3. The van der Waals surface area contributed by atoms with Gasteiger partial charge in [0.05, 0.1) is 12.8 Å². The second-order valence-electron chi connectivity index (χ2n) is 7.28. The molecule has 1 fully saturated rings. The third-order valence-electron chi connectivity index (χ3n) is 5.48. The first kappa shape index (κ1) is 20.2. The number of carbonyl (C=O) groups is 1. The molecule has 5 heteroatoms. The topological polar surface area (TPSA) is 53.0 Å². The second kappa shape index (κ2) is 9.60. The molecule has 0 spiro atoms. The lowest BCUT2D eigenvalue weighted by molar-refractivity contribution is -0.119. The third kappa shape index (κ3) is 4.84. The molecule has 2 aromatic rings. The van der Waals surface area contributed by atoms with Gasteiger partial charge in [0.2, 0.25) is 5.91 Å². The number of piperidine rings is 1. The zero-order valence-corrected chi connectivity index (χ0v) is 16.8. The van der Waals surface area contributed by atoms with Crippen LogP contribution < -0.4 is 9.64 Å². The van der Waals surface area contributed by atoms with Crippen LogP contribution in [0.15, 0.2) is 48.5 Å². The van der Waals surface area contributed by atoms with Gasteiger partial charge >= 0.3 is 0 Å². The van der Waals surface area contributed by atoms with E-state index in [-0.39, 0.29) is 17.7 Å². The van der Waals surface area contributed by atoms with Crippen molar-refractivity contribution in [3.05, 3.63) is 54.1 Å². The van der Waals surface area contributed by atoms with Crippen LogP contribution in [0.4, 0.5) is 5.69 Å². The summed E-state index contributed by atoms with van der Waals surface area (Å²) in [5, 5.41) is 9.75. The summed E-state index contributed by atoms with van der Waals surface area (Å²) < 4.78 is 5.44. The Morgan fingerprint density at radius 3 is 2.54 bits per heavy atom. The first-order chi connectivity index (χ1) is 13.6. The lowest BCUT2D eigenvalue weighted by atomic mass is 10.0. The molecule has 0 aromatic heterocycles. The Bertz CT molecular complexity index is 771. The number of carbonyl (C=O) groups excluding carboxylic acids is 1. The van der Waals surface area contributed by atoms with Gasteiger partial charge in [0.15, 0.2) is 0 Å². The second-order valence-corrected chi connectivity index (χ2v) is 7.28. The molecule has 150 valence electrons. The quantitative estimate of drug-likeness (QED) is 0.790. The highest BCUT2D eigenvalue weighted by atomic mass is 16.5. The van der Waals surface area contributed by atoms with Crippen molar-refractivity contribution in [3.8, 4) is 11.5 Å². The molecule has 0 unspecified atom stereocenters. The predicted molar refractivity (Wildman–Crippen MR) is 112 cm³/mol. The van der Waals surface area contributed by atoms with E-state index in [1.807, 2.05) is 17.9 Å². The molecule has 1 aliphatic rings. The number of phenolic OH excluding ortho intramolecular Hbond substituents is 1. The number of ether oxygens (including phenoxy) is 1. The fourth-order valence-electron chi connectivity index (χ4n) is 3.90. The smallest absolute Gasteiger partial charge is 0.227 e. The van der Waals surface area contributed by atoms with E-state index in [0.717, 1.165) is 44.6 Å². The molecule has 0 aliphatic carbocycles. The van der Waals surface area contributed by atoms with Crippen molar-refractivity contribution >= 4 is 11.6 Å². The fraction of sp³-hybridized carbons (Fsp3) is 0.435. The van der Waals surface area contributed by atoms with Crippen LogP contribution in [0, 0.1) is 0 Å². The average molecular weight is 383 g/mol. The van der Waals surface area contributed by atoms with Gasteiger partial charge in [-0.3, -0.25) is 4.79 Å². The van der Waals surface area contributed by atoms with E-state index >= 15 is 0 Å². The highest BCUT2D eigenvalue weighted by Crippen LogP contribution is 2.35. The minimum atomic E-state index is 0.0896. The van der Waals surface area contributed by atoms with Gasteiger partial charge in [-0.1, -0.05) is 37.3 Å². The van der Waals surface area contributed by atoms with Crippen LogP contribution in [0.25, 0.3) is 0 Å². The molecular weight excluding hydrogens is 352 g/mol. The summed E-state index contributed by atoms with van der Waals surface area (Å²) in [6, 6.07) is 15.7. The van der Waals surface area contributed by atoms with E-state index in [1.54, 1.807) is 25.3 Å². The van der Waals surface area contributed by atoms with Crippen LogP contribution in [-0.2, 0) is 11.2 Å². The van der Waals surface area contributed by atoms with Gasteiger partial charge in [0.25, 0.3) is 0 Å². The molecule has 0 atom stereocenters. The zero-order valence-electron chi connectivity index (χ0n) is 16.8. The monoisotopic (exact) mass is 382 g/mol. The fourth-order valence-corrected chi connectivity index (χ4v) is 3.90. The average Bonchev–Trinajstić information content (AvgIpc) is 2.74. The van der Waals surface area contributed by atoms with Crippen molar-refractivity contribution in [3.63, 3.8) is 0 Å². The molecule has 3 rings (SSSR count). The van der Waals surface area contributed by atoms with E-state index in [9.17, 15) is 9.90 Å². The van der Waals surface area contributed by atoms with E-state index in [4.69, 9.17) is 4.74 Å². The number of rotatable bonds is 7. The summed E-state index contributed by atoms with van der Waals surface area (Å²) >= 11 is 0. The normalized spacial score (nSPS) is 15.4. The Hall–Kier alpha value is -2.53.